The molecule has 0 saturated carbocycles. The lowest BCUT2D eigenvalue weighted by atomic mass is 10.2. The molecule has 5 heteroatoms. The molecule has 0 heterocycles. The Hall–Kier alpha value is -1.75. The van der Waals surface area contributed by atoms with Crippen molar-refractivity contribution in [3.05, 3.63) is 23.8 Å². The van der Waals surface area contributed by atoms with E-state index in [1.807, 2.05) is 0 Å². The standard InChI is InChI=1S/C9H12N2O3/c10-3-4-14-8-2-1-6(9(12)13)5-7(8)11/h1-2,5H,3-4,10-11H2,(H,12,13). The maximum Gasteiger partial charge on any atom is 0.335 e. The summed E-state index contributed by atoms with van der Waals surface area (Å²) in [6, 6.07) is 4.31. The number of aromatic carboxylic acids is 1. The minimum Gasteiger partial charge on any atom is -0.490 e. The third-order valence-electron chi connectivity index (χ3n) is 1.63. The molecule has 0 aliphatic carbocycles. The Labute approximate surface area is 81.3 Å². The average Bonchev–Trinajstić information content (AvgIpc) is 2.15. The van der Waals surface area contributed by atoms with Gasteiger partial charge in [-0.1, -0.05) is 0 Å². The smallest absolute Gasteiger partial charge is 0.335 e. The number of carboxylic acid groups (broad SMARTS) is 1. The van der Waals surface area contributed by atoms with E-state index in [0.29, 0.717) is 24.6 Å². The van der Waals surface area contributed by atoms with E-state index in [1.165, 1.54) is 18.2 Å². The summed E-state index contributed by atoms with van der Waals surface area (Å²) in [6.45, 7) is 0.747. The SMILES string of the molecule is NCCOc1ccc(C(=O)O)cc1N. The summed E-state index contributed by atoms with van der Waals surface area (Å²) >= 11 is 0. The van der Waals surface area contributed by atoms with E-state index in [2.05, 4.69) is 0 Å². The predicted octanol–water partition coefficient (Wildman–Crippen LogP) is 0.304. The van der Waals surface area contributed by atoms with Crippen LogP contribution in [0.3, 0.4) is 0 Å². The minimum atomic E-state index is -1.01. The van der Waals surface area contributed by atoms with Crippen LogP contribution in [0, 0.1) is 0 Å². The lowest BCUT2D eigenvalue weighted by molar-refractivity contribution is 0.0697. The van der Waals surface area contributed by atoms with Crippen molar-refractivity contribution in [3.8, 4) is 5.75 Å². The Morgan fingerprint density at radius 2 is 2.21 bits per heavy atom. The molecule has 5 N–H and O–H groups in total. The number of carboxylic acids is 1. The second kappa shape index (κ2) is 4.48. The van der Waals surface area contributed by atoms with Crippen LogP contribution >= 0.6 is 0 Å². The molecular formula is C9H12N2O3. The Morgan fingerprint density at radius 3 is 2.71 bits per heavy atom. The first-order chi connectivity index (χ1) is 6.65. The molecule has 5 nitrogen and oxygen atoms in total. The molecule has 0 spiro atoms. The topological polar surface area (TPSA) is 98.6 Å². The van der Waals surface area contributed by atoms with Crippen LogP contribution in [0.25, 0.3) is 0 Å². The normalized spacial score (nSPS) is 9.79. The van der Waals surface area contributed by atoms with E-state index < -0.39 is 5.97 Å². The fraction of sp³-hybridized carbons (Fsp3) is 0.222. The summed E-state index contributed by atoms with van der Waals surface area (Å²) in [5.41, 5.74) is 11.3. The highest BCUT2D eigenvalue weighted by atomic mass is 16.5. The number of carbonyl (C=O) groups is 1. The van der Waals surface area contributed by atoms with E-state index >= 15 is 0 Å². The number of benzene rings is 1. The first-order valence-corrected chi connectivity index (χ1v) is 4.11. The van der Waals surface area contributed by atoms with E-state index in [4.69, 9.17) is 21.3 Å². The summed E-state index contributed by atoms with van der Waals surface area (Å²) < 4.78 is 5.18. The molecule has 0 bridgehead atoms. The van der Waals surface area contributed by atoms with Gasteiger partial charge in [-0.15, -0.1) is 0 Å². The van der Waals surface area contributed by atoms with Gasteiger partial charge >= 0.3 is 5.97 Å². The molecular weight excluding hydrogens is 184 g/mol. The molecule has 0 unspecified atom stereocenters. The summed E-state index contributed by atoms with van der Waals surface area (Å²) in [5.74, 6) is -0.553. The molecule has 1 aromatic rings. The summed E-state index contributed by atoms with van der Waals surface area (Å²) in [4.78, 5) is 10.6. The monoisotopic (exact) mass is 196 g/mol. The molecule has 0 radical (unpaired) electrons. The van der Waals surface area contributed by atoms with Gasteiger partial charge in [0.1, 0.15) is 12.4 Å². The van der Waals surface area contributed by atoms with Gasteiger partial charge in [-0.3, -0.25) is 0 Å². The molecule has 0 amide bonds. The molecule has 1 rings (SSSR count). The zero-order chi connectivity index (χ0) is 10.6. The Bertz CT molecular complexity index is 339. The van der Waals surface area contributed by atoms with Crippen LogP contribution in [0.5, 0.6) is 5.75 Å². The lowest BCUT2D eigenvalue weighted by Gasteiger charge is -2.07. The van der Waals surface area contributed by atoms with Crippen molar-refractivity contribution in [1.82, 2.24) is 0 Å². The van der Waals surface area contributed by atoms with Gasteiger partial charge in [0.05, 0.1) is 11.3 Å². The number of nitrogen functional groups attached to an aromatic ring is 1. The summed E-state index contributed by atoms with van der Waals surface area (Å²) in [5, 5.41) is 8.66. The molecule has 76 valence electrons. The second-order valence-electron chi connectivity index (χ2n) is 2.69. The lowest BCUT2D eigenvalue weighted by Crippen LogP contribution is -2.11. The first-order valence-electron chi connectivity index (χ1n) is 4.11. The first kappa shape index (κ1) is 10.3. The molecule has 0 saturated heterocycles. The number of anilines is 1. The molecule has 0 aromatic heterocycles. The zero-order valence-corrected chi connectivity index (χ0v) is 7.56. The van der Waals surface area contributed by atoms with Crippen molar-refractivity contribution < 1.29 is 14.6 Å². The van der Waals surface area contributed by atoms with E-state index in [0.717, 1.165) is 0 Å². The fourth-order valence-electron chi connectivity index (χ4n) is 0.982. The van der Waals surface area contributed by atoms with Gasteiger partial charge in [-0.05, 0) is 18.2 Å². The summed E-state index contributed by atoms with van der Waals surface area (Å²) in [6.07, 6.45) is 0. The van der Waals surface area contributed by atoms with Crippen LogP contribution < -0.4 is 16.2 Å². The number of nitrogens with two attached hydrogens (primary N) is 2. The van der Waals surface area contributed by atoms with Gasteiger partial charge in [-0.25, -0.2) is 4.79 Å². The average molecular weight is 196 g/mol. The molecule has 0 fully saturated rings. The highest BCUT2D eigenvalue weighted by Crippen LogP contribution is 2.22. The van der Waals surface area contributed by atoms with Crippen molar-refractivity contribution in [2.45, 2.75) is 0 Å². The van der Waals surface area contributed by atoms with Gasteiger partial charge < -0.3 is 21.3 Å². The number of ether oxygens (including phenoxy) is 1. The van der Waals surface area contributed by atoms with Crippen molar-refractivity contribution in [2.75, 3.05) is 18.9 Å². The van der Waals surface area contributed by atoms with E-state index in [9.17, 15) is 4.79 Å². The molecule has 14 heavy (non-hydrogen) atoms. The zero-order valence-electron chi connectivity index (χ0n) is 7.56. The van der Waals surface area contributed by atoms with Crippen molar-refractivity contribution in [3.63, 3.8) is 0 Å². The minimum absolute atomic E-state index is 0.141. The third-order valence-corrected chi connectivity index (χ3v) is 1.63. The van der Waals surface area contributed by atoms with E-state index in [1.54, 1.807) is 0 Å². The van der Waals surface area contributed by atoms with Crippen LogP contribution in [-0.4, -0.2) is 24.2 Å². The Balaban J connectivity index is 2.84. The third kappa shape index (κ3) is 2.37. The number of rotatable bonds is 4. The highest BCUT2D eigenvalue weighted by molar-refractivity contribution is 5.89. The van der Waals surface area contributed by atoms with E-state index in [-0.39, 0.29) is 5.56 Å². The van der Waals surface area contributed by atoms with Crippen molar-refractivity contribution in [2.24, 2.45) is 5.73 Å². The van der Waals surface area contributed by atoms with Gasteiger partial charge in [-0.2, -0.15) is 0 Å². The fourth-order valence-corrected chi connectivity index (χ4v) is 0.982. The van der Waals surface area contributed by atoms with Crippen LogP contribution in [0.2, 0.25) is 0 Å². The largest absolute Gasteiger partial charge is 0.490 e. The second-order valence-corrected chi connectivity index (χ2v) is 2.69. The quantitative estimate of drug-likeness (QED) is 0.602. The molecule has 1 aromatic carbocycles. The van der Waals surface area contributed by atoms with Gasteiger partial charge in [0, 0.05) is 6.54 Å². The molecule has 0 atom stereocenters. The number of hydrogen-bond donors (Lipinski definition) is 3. The van der Waals surface area contributed by atoms with Crippen molar-refractivity contribution >= 4 is 11.7 Å². The van der Waals surface area contributed by atoms with Crippen LogP contribution in [0.1, 0.15) is 10.4 Å². The van der Waals surface area contributed by atoms with Crippen LogP contribution in [-0.2, 0) is 0 Å². The van der Waals surface area contributed by atoms with Crippen LogP contribution in [0.4, 0.5) is 5.69 Å². The highest BCUT2D eigenvalue weighted by Gasteiger charge is 2.06. The maximum absolute atomic E-state index is 10.6. The van der Waals surface area contributed by atoms with Gasteiger partial charge in [0.15, 0.2) is 0 Å². The number of hydrogen-bond acceptors (Lipinski definition) is 4. The summed E-state index contributed by atoms with van der Waals surface area (Å²) in [7, 11) is 0. The van der Waals surface area contributed by atoms with Crippen LogP contribution in [0.15, 0.2) is 18.2 Å². The van der Waals surface area contributed by atoms with Gasteiger partial charge in [0.2, 0.25) is 0 Å². The molecule has 0 aliphatic rings. The Kier molecular flexibility index (Phi) is 3.30. The van der Waals surface area contributed by atoms with Crippen molar-refractivity contribution in [1.29, 1.82) is 0 Å². The van der Waals surface area contributed by atoms with Gasteiger partial charge in [0.25, 0.3) is 0 Å². The maximum atomic E-state index is 10.6. The Morgan fingerprint density at radius 1 is 1.50 bits per heavy atom. The molecule has 0 aliphatic heterocycles. The predicted molar refractivity (Wildman–Crippen MR) is 52.4 cm³/mol.